The zero-order valence-electron chi connectivity index (χ0n) is 16.2. The van der Waals surface area contributed by atoms with Crippen molar-refractivity contribution in [1.82, 2.24) is 0 Å². The summed E-state index contributed by atoms with van der Waals surface area (Å²) in [4.78, 5) is 11.3. The number of fused-ring (bicyclic) bond motifs is 6. The van der Waals surface area contributed by atoms with Crippen molar-refractivity contribution in [3.8, 4) is 0 Å². The third-order valence-corrected chi connectivity index (χ3v) is 8.53. The van der Waals surface area contributed by atoms with Gasteiger partial charge >= 0.3 is 5.97 Å². The van der Waals surface area contributed by atoms with E-state index < -0.39 is 0 Å². The Balaban J connectivity index is 1.37. The summed E-state index contributed by atoms with van der Waals surface area (Å²) in [5, 5.41) is 0. The van der Waals surface area contributed by atoms with Gasteiger partial charge in [0, 0.05) is 25.2 Å². The van der Waals surface area contributed by atoms with Gasteiger partial charge in [0.05, 0.1) is 13.2 Å². The molecule has 3 saturated carbocycles. The molecule has 0 N–H and O–H groups in total. The fourth-order valence-corrected chi connectivity index (χ4v) is 7.45. The Morgan fingerprint density at radius 2 is 1.92 bits per heavy atom. The summed E-state index contributed by atoms with van der Waals surface area (Å²) in [6, 6.07) is 0. The number of esters is 1. The van der Waals surface area contributed by atoms with Crippen LogP contribution in [0.2, 0.25) is 0 Å². The van der Waals surface area contributed by atoms with Crippen LogP contribution in [0.25, 0.3) is 0 Å². The molecule has 0 radical (unpaired) electrons. The maximum atomic E-state index is 11.3. The van der Waals surface area contributed by atoms with Gasteiger partial charge in [-0.2, -0.15) is 0 Å². The Bertz CT molecular complexity index is 620. The van der Waals surface area contributed by atoms with Crippen LogP contribution in [-0.2, 0) is 19.0 Å². The first-order chi connectivity index (χ1) is 12.5. The van der Waals surface area contributed by atoms with Crippen LogP contribution in [-0.4, -0.2) is 31.1 Å². The number of carbonyl (C=O) groups is 1. The predicted octanol–water partition coefficient (Wildman–Crippen LogP) is 4.23. The number of allylic oxidation sites excluding steroid dienone is 1. The van der Waals surface area contributed by atoms with Gasteiger partial charge in [-0.1, -0.05) is 18.6 Å². The maximum absolute atomic E-state index is 11.3. The molecule has 1 spiro atoms. The summed E-state index contributed by atoms with van der Waals surface area (Å²) >= 11 is 0. The molecule has 0 aromatic carbocycles. The fourth-order valence-electron chi connectivity index (χ4n) is 7.45. The minimum Gasteiger partial charge on any atom is -0.462 e. The highest BCUT2D eigenvalue weighted by molar-refractivity contribution is 5.66. The van der Waals surface area contributed by atoms with Gasteiger partial charge in [-0.05, 0) is 62.2 Å². The summed E-state index contributed by atoms with van der Waals surface area (Å²) in [5.74, 6) is 2.60. The number of hydrogen-bond donors (Lipinski definition) is 0. The van der Waals surface area contributed by atoms with Crippen molar-refractivity contribution in [2.24, 2.45) is 29.1 Å². The zero-order chi connectivity index (χ0) is 17.9. The van der Waals surface area contributed by atoms with Gasteiger partial charge < -0.3 is 14.2 Å². The van der Waals surface area contributed by atoms with Crippen LogP contribution in [0.15, 0.2) is 11.6 Å². The normalized spacial score (nSPS) is 46.2. The molecule has 1 heterocycles. The topological polar surface area (TPSA) is 44.8 Å². The first-order valence-electron chi connectivity index (χ1n) is 10.7. The molecule has 4 heteroatoms. The predicted molar refractivity (Wildman–Crippen MR) is 97.3 cm³/mol. The van der Waals surface area contributed by atoms with Gasteiger partial charge in [0.25, 0.3) is 0 Å². The molecule has 0 bridgehead atoms. The largest absolute Gasteiger partial charge is 0.462 e. The number of ether oxygens (including phenoxy) is 3. The molecular weight excluding hydrogens is 328 g/mol. The standard InChI is InChI=1S/C22H32O4/c1-14(23)26-16-4-6-17-15(13-16)3-5-19-18(17)7-9-21(2)20(19)8-10-22(21)24-11-12-25-22/h3,16-20H,4-13H2,1-2H3/t16-,17-,18+,19+,20-,21-/m0/s1. The van der Waals surface area contributed by atoms with E-state index in [-0.39, 0.29) is 23.3 Å². The average Bonchev–Trinajstić information content (AvgIpc) is 3.21. The van der Waals surface area contributed by atoms with Crippen LogP contribution < -0.4 is 0 Å². The van der Waals surface area contributed by atoms with E-state index in [0.717, 1.165) is 50.2 Å². The van der Waals surface area contributed by atoms with Gasteiger partial charge in [0.1, 0.15) is 6.10 Å². The smallest absolute Gasteiger partial charge is 0.302 e. The summed E-state index contributed by atoms with van der Waals surface area (Å²) < 4.78 is 18.0. The Hall–Kier alpha value is -0.870. The Morgan fingerprint density at radius 1 is 1.12 bits per heavy atom. The van der Waals surface area contributed by atoms with Gasteiger partial charge in [0.2, 0.25) is 0 Å². The summed E-state index contributed by atoms with van der Waals surface area (Å²) in [5.41, 5.74) is 1.76. The quantitative estimate of drug-likeness (QED) is 0.518. The molecule has 4 aliphatic carbocycles. The van der Waals surface area contributed by atoms with E-state index in [1.807, 2.05) is 0 Å². The Morgan fingerprint density at radius 3 is 2.69 bits per heavy atom. The van der Waals surface area contributed by atoms with Crippen LogP contribution in [0.5, 0.6) is 0 Å². The van der Waals surface area contributed by atoms with E-state index in [0.29, 0.717) is 5.92 Å². The Kier molecular flexibility index (Phi) is 4.02. The molecule has 4 fully saturated rings. The summed E-state index contributed by atoms with van der Waals surface area (Å²) in [6.07, 6.45) is 11.9. The van der Waals surface area contributed by atoms with Crippen LogP contribution in [0.4, 0.5) is 0 Å². The van der Waals surface area contributed by atoms with Crippen molar-refractivity contribution in [3.63, 3.8) is 0 Å². The van der Waals surface area contributed by atoms with Gasteiger partial charge in [-0.25, -0.2) is 0 Å². The molecule has 1 aliphatic heterocycles. The SMILES string of the molecule is CC(=O)O[C@H]1CC[C@H]2C(=CC[C@@H]3[C@@H]2CC[C@@]2(C)[C@H]3CCC23OCCO3)C1. The zero-order valence-corrected chi connectivity index (χ0v) is 16.2. The molecule has 5 aliphatic rings. The van der Waals surface area contributed by atoms with Crippen molar-refractivity contribution in [3.05, 3.63) is 11.6 Å². The number of rotatable bonds is 1. The van der Waals surface area contributed by atoms with Gasteiger partial charge in [-0.15, -0.1) is 0 Å². The maximum Gasteiger partial charge on any atom is 0.302 e. The summed E-state index contributed by atoms with van der Waals surface area (Å²) in [6.45, 7) is 5.51. The third-order valence-electron chi connectivity index (χ3n) is 8.53. The average molecular weight is 360 g/mol. The molecule has 1 saturated heterocycles. The van der Waals surface area contributed by atoms with Gasteiger partial charge in [0.15, 0.2) is 5.79 Å². The van der Waals surface area contributed by atoms with Crippen molar-refractivity contribution in [2.45, 2.75) is 77.1 Å². The monoisotopic (exact) mass is 360 g/mol. The summed E-state index contributed by atoms with van der Waals surface area (Å²) in [7, 11) is 0. The molecular formula is C22H32O4. The highest BCUT2D eigenvalue weighted by atomic mass is 16.7. The van der Waals surface area contributed by atoms with E-state index >= 15 is 0 Å². The first-order valence-corrected chi connectivity index (χ1v) is 10.7. The van der Waals surface area contributed by atoms with Crippen LogP contribution >= 0.6 is 0 Å². The fraction of sp³-hybridized carbons (Fsp3) is 0.864. The molecule has 0 amide bonds. The Labute approximate surface area is 156 Å². The van der Waals surface area contributed by atoms with E-state index in [9.17, 15) is 4.79 Å². The second-order valence-corrected chi connectivity index (χ2v) is 9.51. The molecule has 4 nitrogen and oxygen atoms in total. The van der Waals surface area contributed by atoms with Crippen LogP contribution in [0.3, 0.4) is 0 Å². The third kappa shape index (κ3) is 2.37. The van der Waals surface area contributed by atoms with E-state index in [1.54, 1.807) is 5.57 Å². The lowest BCUT2D eigenvalue weighted by molar-refractivity contribution is -0.240. The molecule has 6 atom stereocenters. The minimum absolute atomic E-state index is 0.107. The molecule has 0 unspecified atom stereocenters. The first kappa shape index (κ1) is 17.2. The highest BCUT2D eigenvalue weighted by Crippen LogP contribution is 2.66. The molecule has 26 heavy (non-hydrogen) atoms. The van der Waals surface area contributed by atoms with Crippen LogP contribution in [0, 0.1) is 29.1 Å². The van der Waals surface area contributed by atoms with Crippen molar-refractivity contribution in [1.29, 1.82) is 0 Å². The second-order valence-electron chi connectivity index (χ2n) is 9.51. The van der Waals surface area contributed by atoms with E-state index in [1.165, 1.54) is 39.0 Å². The van der Waals surface area contributed by atoms with E-state index in [2.05, 4.69) is 13.0 Å². The van der Waals surface area contributed by atoms with Crippen molar-refractivity contribution < 1.29 is 19.0 Å². The molecule has 0 aromatic heterocycles. The molecule has 5 rings (SSSR count). The lowest BCUT2D eigenvalue weighted by Gasteiger charge is -2.55. The van der Waals surface area contributed by atoms with Crippen molar-refractivity contribution >= 4 is 5.97 Å². The molecule has 0 aromatic rings. The highest BCUT2D eigenvalue weighted by Gasteiger charge is 2.65. The van der Waals surface area contributed by atoms with E-state index in [4.69, 9.17) is 14.2 Å². The lowest BCUT2D eigenvalue weighted by Crippen LogP contribution is -2.53. The minimum atomic E-state index is -0.292. The van der Waals surface area contributed by atoms with Crippen LogP contribution in [0.1, 0.15) is 65.2 Å². The second kappa shape index (κ2) is 6.07. The lowest BCUT2D eigenvalue weighted by atomic mass is 9.52. The number of hydrogen-bond acceptors (Lipinski definition) is 4. The molecule has 144 valence electrons. The van der Waals surface area contributed by atoms with Gasteiger partial charge in [-0.3, -0.25) is 4.79 Å². The number of carbonyl (C=O) groups excluding carboxylic acids is 1. The van der Waals surface area contributed by atoms with Crippen molar-refractivity contribution in [2.75, 3.05) is 13.2 Å².